The number of imide groups is 1. The van der Waals surface area contributed by atoms with E-state index in [0.717, 1.165) is 82.3 Å². The maximum atomic E-state index is 13.7. The van der Waals surface area contributed by atoms with Crippen molar-refractivity contribution in [2.75, 3.05) is 48.3 Å². The second-order valence-electron chi connectivity index (χ2n) is 20.5. The van der Waals surface area contributed by atoms with Crippen molar-refractivity contribution in [1.29, 1.82) is 0 Å². The molecule has 6 heterocycles. The van der Waals surface area contributed by atoms with E-state index in [-0.39, 0.29) is 35.7 Å². The van der Waals surface area contributed by atoms with Crippen LogP contribution in [-0.4, -0.2) is 92.6 Å². The zero-order chi connectivity index (χ0) is 51.5. The fourth-order valence-corrected chi connectivity index (χ4v) is 11.1. The number of fused-ring (bicyclic) bond motifs is 3. The molecule has 3 aromatic heterocycles. The fraction of sp³-hybridized carbons (Fsp3) is 0.368. The molecule has 4 aromatic carbocycles. The molecule has 16 nitrogen and oxygen atoms in total. The summed E-state index contributed by atoms with van der Waals surface area (Å²) in [6, 6.07) is 31.4. The first-order valence-electron chi connectivity index (χ1n) is 25.5. The second-order valence-corrected chi connectivity index (χ2v) is 21.6. The van der Waals surface area contributed by atoms with Gasteiger partial charge in [0.15, 0.2) is 10.8 Å². The molecule has 0 spiro atoms. The number of nitrogens with zero attached hydrogens (tertiary/aromatic N) is 6. The quantitative estimate of drug-likeness (QED) is 0.0504. The summed E-state index contributed by atoms with van der Waals surface area (Å²) < 4.78 is 14.8. The third kappa shape index (κ3) is 11.6. The Balaban J connectivity index is 0.691. The van der Waals surface area contributed by atoms with E-state index >= 15 is 0 Å². The molecule has 0 saturated carbocycles. The molecule has 7 aromatic rings. The van der Waals surface area contributed by atoms with Crippen LogP contribution in [0.5, 0.6) is 5.75 Å². The number of thiazole rings is 1. The number of anilines is 3. The number of aromatic nitrogens is 4. The van der Waals surface area contributed by atoms with Gasteiger partial charge in [-0.2, -0.15) is 5.10 Å². The summed E-state index contributed by atoms with van der Waals surface area (Å²) in [4.78, 5) is 78.6. The van der Waals surface area contributed by atoms with Crippen LogP contribution < -0.4 is 25.6 Å². The number of aryl methyl sites for hydroxylation is 2. The summed E-state index contributed by atoms with van der Waals surface area (Å²) in [5, 5.41) is 14.5. The molecule has 17 heteroatoms. The molecule has 0 bridgehead atoms. The highest BCUT2D eigenvalue weighted by atomic mass is 32.1. The number of likely N-dealkylation sites (tertiary alicyclic amines) is 1. The summed E-state index contributed by atoms with van der Waals surface area (Å²) >= 11 is 1.44. The molecule has 2 fully saturated rings. The van der Waals surface area contributed by atoms with Gasteiger partial charge in [0.05, 0.1) is 40.5 Å². The number of pyridine rings is 1. The Morgan fingerprint density at radius 2 is 1.68 bits per heavy atom. The Kier molecular flexibility index (Phi) is 14.6. The van der Waals surface area contributed by atoms with Crippen LogP contribution in [-0.2, 0) is 52.0 Å². The Bertz CT molecular complexity index is 3230. The molecule has 0 radical (unpaired) electrons. The first-order valence-corrected chi connectivity index (χ1v) is 26.3. The predicted molar refractivity (Wildman–Crippen MR) is 286 cm³/mol. The lowest BCUT2D eigenvalue weighted by atomic mass is 9.90. The van der Waals surface area contributed by atoms with E-state index < -0.39 is 17.5 Å². The minimum absolute atomic E-state index is 0.0789. The summed E-state index contributed by atoms with van der Waals surface area (Å²) in [6.45, 7) is 9.11. The Morgan fingerprint density at radius 3 is 2.46 bits per heavy atom. The van der Waals surface area contributed by atoms with E-state index in [0.29, 0.717) is 79.3 Å². The number of carbonyl (C=O) groups excluding carboxylic acids is 5. The average Bonchev–Trinajstić information content (AvgIpc) is 3.94. The van der Waals surface area contributed by atoms with Gasteiger partial charge in [0.25, 0.3) is 5.91 Å². The average molecular weight is 1020 g/mol. The topological polar surface area (TPSA) is 190 Å². The van der Waals surface area contributed by atoms with Crippen molar-refractivity contribution in [3.8, 4) is 5.75 Å². The highest BCUT2D eigenvalue weighted by molar-refractivity contribution is 7.22. The lowest BCUT2D eigenvalue weighted by molar-refractivity contribution is -0.134. The molecule has 3 N–H and O–H groups in total. The van der Waals surface area contributed by atoms with Gasteiger partial charge in [0.2, 0.25) is 17.7 Å². The number of carbonyl (C=O) groups is 5. The highest BCUT2D eigenvalue weighted by Gasteiger charge is 2.32. The molecule has 74 heavy (non-hydrogen) atoms. The zero-order valence-electron chi connectivity index (χ0n) is 42.2. The molecular weight excluding hydrogens is 955 g/mol. The third-order valence-electron chi connectivity index (χ3n) is 14.0. The van der Waals surface area contributed by atoms with E-state index in [4.69, 9.17) is 14.5 Å². The Hall–Kier alpha value is -7.50. The Morgan fingerprint density at radius 1 is 0.865 bits per heavy atom. The Labute approximate surface area is 433 Å². The van der Waals surface area contributed by atoms with Crippen molar-refractivity contribution in [2.24, 2.45) is 13.0 Å². The van der Waals surface area contributed by atoms with Crippen molar-refractivity contribution in [2.45, 2.75) is 90.2 Å². The highest BCUT2D eigenvalue weighted by Crippen LogP contribution is 2.33. The molecular formula is C57H61N9O7S. The maximum absolute atomic E-state index is 13.7. The summed E-state index contributed by atoms with van der Waals surface area (Å²) in [6.07, 6.45) is 5.59. The number of rotatable bonds is 15. The van der Waals surface area contributed by atoms with E-state index in [1.165, 1.54) is 16.9 Å². The number of hydrogen-bond acceptors (Lipinski definition) is 13. The van der Waals surface area contributed by atoms with E-state index in [2.05, 4.69) is 54.0 Å². The zero-order valence-corrected chi connectivity index (χ0v) is 43.1. The first-order chi connectivity index (χ1) is 35.7. The van der Waals surface area contributed by atoms with E-state index in [1.54, 1.807) is 4.68 Å². The molecule has 4 amide bonds. The number of amides is 4. The maximum Gasteiger partial charge on any atom is 0.357 e. The number of benzene rings is 4. The van der Waals surface area contributed by atoms with Crippen LogP contribution in [0.2, 0.25) is 0 Å². The van der Waals surface area contributed by atoms with Gasteiger partial charge in [-0.3, -0.25) is 39.4 Å². The molecule has 1 unspecified atom stereocenters. The van der Waals surface area contributed by atoms with Gasteiger partial charge in [0, 0.05) is 43.2 Å². The molecule has 1 atom stereocenters. The van der Waals surface area contributed by atoms with Crippen LogP contribution >= 0.6 is 11.3 Å². The smallest absolute Gasteiger partial charge is 0.357 e. The largest absolute Gasteiger partial charge is 0.494 e. The third-order valence-corrected chi connectivity index (χ3v) is 15.0. The van der Waals surface area contributed by atoms with Crippen LogP contribution in [0.1, 0.15) is 108 Å². The van der Waals surface area contributed by atoms with Crippen molar-refractivity contribution in [1.82, 2.24) is 30.0 Å². The van der Waals surface area contributed by atoms with Gasteiger partial charge >= 0.3 is 5.97 Å². The molecule has 2 saturated heterocycles. The SMILES string of the molecule is Cn1nc(C2CCC(=O)NC2=O)c2ccc(NC(=O)CN3CCC(Cc4ccc(OCCCc5ccc(N6CCc7cccc(C(=O)Nc8nc9ccccc9s8)c7C6)nc5C(=O)OC(C)(C)C)cc4)CC3)cc21. The number of ether oxygens (including phenoxy) is 2. The predicted octanol–water partition coefficient (Wildman–Crippen LogP) is 8.77. The lowest BCUT2D eigenvalue weighted by Crippen LogP contribution is -2.39. The number of esters is 1. The first kappa shape index (κ1) is 50.1. The summed E-state index contributed by atoms with van der Waals surface area (Å²) in [5.74, 6) is 0.104. The van der Waals surface area contributed by atoms with Crippen LogP contribution in [0.3, 0.4) is 0 Å². The summed E-state index contributed by atoms with van der Waals surface area (Å²) in [7, 11) is 1.81. The van der Waals surface area contributed by atoms with Crippen LogP contribution in [0.4, 0.5) is 16.6 Å². The van der Waals surface area contributed by atoms with Crippen LogP contribution in [0.15, 0.2) is 97.1 Å². The fourth-order valence-electron chi connectivity index (χ4n) is 10.3. The van der Waals surface area contributed by atoms with Gasteiger partial charge in [-0.1, -0.05) is 53.8 Å². The number of hydrogen-bond donors (Lipinski definition) is 3. The van der Waals surface area contributed by atoms with E-state index in [9.17, 15) is 24.0 Å². The van der Waals surface area contributed by atoms with Gasteiger partial charge in [-0.15, -0.1) is 0 Å². The van der Waals surface area contributed by atoms with Gasteiger partial charge in [0.1, 0.15) is 17.2 Å². The number of para-hydroxylation sites is 1. The van der Waals surface area contributed by atoms with Crippen molar-refractivity contribution >= 4 is 78.7 Å². The molecule has 0 aliphatic carbocycles. The number of nitrogens with one attached hydrogen (secondary N) is 3. The lowest BCUT2D eigenvalue weighted by Gasteiger charge is -2.31. The minimum Gasteiger partial charge on any atom is -0.494 e. The van der Waals surface area contributed by atoms with E-state index in [1.807, 2.05) is 107 Å². The minimum atomic E-state index is -0.706. The van der Waals surface area contributed by atoms with Crippen LogP contribution in [0.25, 0.3) is 21.1 Å². The van der Waals surface area contributed by atoms with Crippen molar-refractivity contribution in [3.63, 3.8) is 0 Å². The monoisotopic (exact) mass is 1020 g/mol. The molecule has 382 valence electrons. The molecule has 3 aliphatic heterocycles. The van der Waals surface area contributed by atoms with Gasteiger partial charge < -0.3 is 19.7 Å². The standard InChI is InChI=1S/C57H61N9O7S/c1-57(2,3)73-55(71)51-38(16-22-48(60-51)66-29-26-37-9-7-11-41(44(37)33-66)53(69)62-56-59-45-12-5-6-13-47(45)74-56)10-8-30-72-40-18-14-35(15-19-40)31-36-24-27-65(28-25-36)34-50(68)58-39-17-20-42-46(32-39)64(4)63-52(42)43-21-23-49(67)61-54(43)70/h5-7,9,11-20,22,32,36,43H,8,10,21,23-31,33-34H2,1-4H3,(H,58,68)(H,59,62,69)(H,61,67,70). The summed E-state index contributed by atoms with van der Waals surface area (Å²) in [5.41, 5.74) is 7.19. The van der Waals surface area contributed by atoms with Gasteiger partial charge in [-0.05, 0) is 162 Å². The van der Waals surface area contributed by atoms with Crippen molar-refractivity contribution in [3.05, 3.63) is 136 Å². The van der Waals surface area contributed by atoms with Crippen LogP contribution in [0, 0.1) is 5.92 Å². The molecule has 10 rings (SSSR count). The second kappa shape index (κ2) is 21.5. The normalized spacial score (nSPS) is 16.5. The molecule has 3 aliphatic rings. The van der Waals surface area contributed by atoms with Gasteiger partial charge in [-0.25, -0.2) is 14.8 Å². The van der Waals surface area contributed by atoms with Crippen molar-refractivity contribution < 1.29 is 33.4 Å². The number of piperidine rings is 2.